The predicted molar refractivity (Wildman–Crippen MR) is 75.6 cm³/mol. The summed E-state index contributed by atoms with van der Waals surface area (Å²) in [4.78, 5) is 16.2. The van der Waals surface area contributed by atoms with Crippen molar-refractivity contribution in [1.82, 2.24) is 15.1 Å². The molecule has 1 N–H and O–H groups in total. The third-order valence-electron chi connectivity index (χ3n) is 3.48. The number of hydrogen-bond acceptors (Lipinski definition) is 3. The van der Waals surface area contributed by atoms with E-state index in [1.54, 1.807) is 0 Å². The Labute approximate surface area is 112 Å². The van der Waals surface area contributed by atoms with Crippen LogP contribution >= 0.6 is 0 Å². The zero-order valence-electron chi connectivity index (χ0n) is 12.2. The molecule has 4 heteroatoms. The maximum atomic E-state index is 12.0. The molecule has 1 unspecified atom stereocenters. The van der Waals surface area contributed by atoms with Crippen molar-refractivity contribution in [1.29, 1.82) is 0 Å². The summed E-state index contributed by atoms with van der Waals surface area (Å²) < 4.78 is 0. The molecule has 1 atom stereocenters. The van der Waals surface area contributed by atoms with Gasteiger partial charge in [0.1, 0.15) is 0 Å². The smallest absolute Gasteiger partial charge is 0.223 e. The summed E-state index contributed by atoms with van der Waals surface area (Å²) >= 11 is 0. The summed E-state index contributed by atoms with van der Waals surface area (Å²) in [7, 11) is 4.17. The van der Waals surface area contributed by atoms with E-state index in [-0.39, 0.29) is 0 Å². The van der Waals surface area contributed by atoms with Gasteiger partial charge in [-0.3, -0.25) is 4.79 Å². The Balaban J connectivity index is 2.02. The highest BCUT2D eigenvalue weighted by molar-refractivity contribution is 5.76. The Hall–Kier alpha value is -0.610. The molecule has 18 heavy (non-hydrogen) atoms. The van der Waals surface area contributed by atoms with E-state index in [2.05, 4.69) is 31.2 Å². The van der Waals surface area contributed by atoms with Gasteiger partial charge < -0.3 is 15.1 Å². The first-order chi connectivity index (χ1) is 8.59. The molecule has 0 bridgehead atoms. The van der Waals surface area contributed by atoms with Gasteiger partial charge in [-0.1, -0.05) is 6.92 Å². The van der Waals surface area contributed by atoms with Gasteiger partial charge in [0.25, 0.3) is 0 Å². The van der Waals surface area contributed by atoms with Crippen LogP contribution in [0.5, 0.6) is 0 Å². The summed E-state index contributed by atoms with van der Waals surface area (Å²) in [5.41, 5.74) is 0. The van der Waals surface area contributed by atoms with Gasteiger partial charge >= 0.3 is 0 Å². The number of carbonyl (C=O) groups excluding carboxylic acids is 1. The maximum Gasteiger partial charge on any atom is 0.223 e. The van der Waals surface area contributed by atoms with Crippen LogP contribution in [0.25, 0.3) is 0 Å². The average molecular weight is 255 g/mol. The SMILES string of the molecule is CC1CCCN(C(=O)CCNCCCN(C)C)C1. The van der Waals surface area contributed by atoms with Crippen molar-refractivity contribution in [3.63, 3.8) is 0 Å². The van der Waals surface area contributed by atoms with Gasteiger partial charge in [-0.25, -0.2) is 0 Å². The highest BCUT2D eigenvalue weighted by Gasteiger charge is 2.19. The molecule has 4 nitrogen and oxygen atoms in total. The number of nitrogens with one attached hydrogen (secondary N) is 1. The molecule has 0 saturated carbocycles. The molecule has 1 fully saturated rings. The zero-order chi connectivity index (χ0) is 13.4. The molecule has 0 aliphatic carbocycles. The molecular weight excluding hydrogens is 226 g/mol. The standard InChI is InChI=1S/C14H29N3O/c1-13-6-4-11-17(12-13)14(18)7-9-15-8-5-10-16(2)3/h13,15H,4-12H2,1-3H3. The quantitative estimate of drug-likeness (QED) is 0.694. The number of piperidine rings is 1. The lowest BCUT2D eigenvalue weighted by molar-refractivity contribution is -0.132. The van der Waals surface area contributed by atoms with Gasteiger partial charge in [0.15, 0.2) is 0 Å². The van der Waals surface area contributed by atoms with Crippen LogP contribution in [0.2, 0.25) is 0 Å². The van der Waals surface area contributed by atoms with Crippen molar-refractivity contribution in [2.75, 3.05) is 46.8 Å². The Bertz CT molecular complexity index is 243. The molecule has 1 saturated heterocycles. The minimum atomic E-state index is 0.321. The molecule has 0 aromatic carbocycles. The molecule has 1 aliphatic rings. The minimum absolute atomic E-state index is 0.321. The monoisotopic (exact) mass is 255 g/mol. The number of rotatable bonds is 7. The lowest BCUT2D eigenvalue weighted by Gasteiger charge is -2.31. The van der Waals surface area contributed by atoms with Crippen LogP contribution in [0.4, 0.5) is 0 Å². The summed E-state index contributed by atoms with van der Waals surface area (Å²) in [6, 6.07) is 0. The van der Waals surface area contributed by atoms with Crippen molar-refractivity contribution in [3.8, 4) is 0 Å². The molecule has 1 aliphatic heterocycles. The highest BCUT2D eigenvalue weighted by atomic mass is 16.2. The first-order valence-electron chi connectivity index (χ1n) is 7.23. The van der Waals surface area contributed by atoms with Crippen LogP contribution in [-0.4, -0.2) is 62.5 Å². The Morgan fingerprint density at radius 1 is 1.39 bits per heavy atom. The Kier molecular flexibility index (Phi) is 7.28. The number of nitrogens with zero attached hydrogens (tertiary/aromatic N) is 2. The van der Waals surface area contributed by atoms with E-state index < -0.39 is 0 Å². The number of hydrogen-bond donors (Lipinski definition) is 1. The zero-order valence-corrected chi connectivity index (χ0v) is 12.2. The van der Waals surface area contributed by atoms with Gasteiger partial charge in [0.05, 0.1) is 0 Å². The second-order valence-corrected chi connectivity index (χ2v) is 5.74. The van der Waals surface area contributed by atoms with Crippen LogP contribution in [0.1, 0.15) is 32.6 Å². The fraction of sp³-hybridized carbons (Fsp3) is 0.929. The second-order valence-electron chi connectivity index (χ2n) is 5.74. The summed E-state index contributed by atoms with van der Waals surface area (Å²) in [6.45, 7) is 7.08. The molecule has 1 heterocycles. The third-order valence-corrected chi connectivity index (χ3v) is 3.48. The first-order valence-corrected chi connectivity index (χ1v) is 7.23. The lowest BCUT2D eigenvalue weighted by Crippen LogP contribution is -2.40. The van der Waals surface area contributed by atoms with E-state index in [0.29, 0.717) is 18.2 Å². The van der Waals surface area contributed by atoms with Crippen LogP contribution in [-0.2, 0) is 4.79 Å². The van der Waals surface area contributed by atoms with Gasteiger partial charge in [0, 0.05) is 26.1 Å². The molecule has 0 aromatic heterocycles. The van der Waals surface area contributed by atoms with Crippen molar-refractivity contribution in [3.05, 3.63) is 0 Å². The fourth-order valence-corrected chi connectivity index (χ4v) is 2.41. The molecule has 0 aromatic rings. The topological polar surface area (TPSA) is 35.6 Å². The summed E-state index contributed by atoms with van der Waals surface area (Å²) in [6.07, 6.45) is 4.23. The molecule has 0 radical (unpaired) electrons. The second kappa shape index (κ2) is 8.48. The molecule has 106 valence electrons. The van der Waals surface area contributed by atoms with Crippen LogP contribution in [0.15, 0.2) is 0 Å². The van der Waals surface area contributed by atoms with Crippen LogP contribution < -0.4 is 5.32 Å². The van der Waals surface area contributed by atoms with E-state index in [1.165, 1.54) is 12.8 Å². The van der Waals surface area contributed by atoms with Gasteiger partial charge in [0.2, 0.25) is 5.91 Å². The summed E-state index contributed by atoms with van der Waals surface area (Å²) in [5, 5.41) is 3.35. The van der Waals surface area contributed by atoms with E-state index in [4.69, 9.17) is 0 Å². The average Bonchev–Trinajstić information content (AvgIpc) is 2.33. The number of carbonyl (C=O) groups is 1. The number of amides is 1. The fourth-order valence-electron chi connectivity index (χ4n) is 2.41. The normalized spacial score (nSPS) is 20.4. The van der Waals surface area contributed by atoms with Gasteiger partial charge in [-0.15, -0.1) is 0 Å². The van der Waals surface area contributed by atoms with Gasteiger partial charge in [-0.05, 0) is 52.4 Å². The Morgan fingerprint density at radius 2 is 2.17 bits per heavy atom. The third kappa shape index (κ3) is 6.36. The lowest BCUT2D eigenvalue weighted by atomic mass is 10.00. The molecule has 1 rings (SSSR count). The minimum Gasteiger partial charge on any atom is -0.342 e. The predicted octanol–water partition coefficient (Wildman–Crippen LogP) is 1.18. The number of likely N-dealkylation sites (tertiary alicyclic amines) is 1. The van der Waals surface area contributed by atoms with Crippen molar-refractivity contribution in [2.45, 2.75) is 32.6 Å². The first kappa shape index (κ1) is 15.4. The molecule has 1 amide bonds. The molecule has 0 spiro atoms. The van der Waals surface area contributed by atoms with E-state index in [9.17, 15) is 4.79 Å². The maximum absolute atomic E-state index is 12.0. The van der Waals surface area contributed by atoms with E-state index in [1.807, 2.05) is 4.90 Å². The van der Waals surface area contributed by atoms with Crippen molar-refractivity contribution in [2.24, 2.45) is 5.92 Å². The van der Waals surface area contributed by atoms with Crippen LogP contribution in [0.3, 0.4) is 0 Å². The highest BCUT2D eigenvalue weighted by Crippen LogP contribution is 2.15. The van der Waals surface area contributed by atoms with Crippen molar-refractivity contribution < 1.29 is 4.79 Å². The van der Waals surface area contributed by atoms with Crippen LogP contribution in [0, 0.1) is 5.92 Å². The van der Waals surface area contributed by atoms with E-state index >= 15 is 0 Å². The van der Waals surface area contributed by atoms with E-state index in [0.717, 1.165) is 39.1 Å². The Morgan fingerprint density at radius 3 is 2.83 bits per heavy atom. The largest absolute Gasteiger partial charge is 0.342 e. The summed E-state index contributed by atoms with van der Waals surface area (Å²) in [5.74, 6) is 0.998. The van der Waals surface area contributed by atoms with Gasteiger partial charge in [-0.2, -0.15) is 0 Å². The molecular formula is C14H29N3O. The van der Waals surface area contributed by atoms with Crippen molar-refractivity contribution >= 4 is 5.91 Å².